The largest absolute Gasteiger partial charge is 0.309 e. The van der Waals surface area contributed by atoms with Crippen molar-refractivity contribution in [2.75, 3.05) is 0 Å². The lowest BCUT2D eigenvalue weighted by molar-refractivity contribution is 0.937. The van der Waals surface area contributed by atoms with Crippen molar-refractivity contribution in [2.45, 2.75) is 12.8 Å². The number of fused-ring (bicyclic) bond motifs is 8. The molecule has 0 saturated carbocycles. The average Bonchev–Trinajstić information content (AvgIpc) is 3.22. The van der Waals surface area contributed by atoms with Gasteiger partial charge in [-0.2, -0.15) is 0 Å². The first kappa shape index (κ1) is 13.0. The highest BCUT2D eigenvalue weighted by Crippen LogP contribution is 2.36. The summed E-state index contributed by atoms with van der Waals surface area (Å²) in [4.78, 5) is 0. The first-order valence-corrected chi connectivity index (χ1v) is 9.29. The van der Waals surface area contributed by atoms with Gasteiger partial charge in [0.1, 0.15) is 0 Å². The Balaban J connectivity index is 1.99. The summed E-state index contributed by atoms with van der Waals surface area (Å²) in [6.45, 7) is 0. The van der Waals surface area contributed by atoms with Gasteiger partial charge in [0.25, 0.3) is 0 Å². The van der Waals surface area contributed by atoms with Gasteiger partial charge in [0.15, 0.2) is 0 Å². The molecule has 0 spiro atoms. The van der Waals surface area contributed by atoms with E-state index in [1.807, 2.05) is 0 Å². The molecule has 6 aromatic rings. The predicted molar refractivity (Wildman–Crippen MR) is 109 cm³/mol. The summed E-state index contributed by atoms with van der Waals surface area (Å²) < 4.78 is 5.03. The molecule has 0 saturated heterocycles. The van der Waals surface area contributed by atoms with E-state index >= 15 is 0 Å². The van der Waals surface area contributed by atoms with Crippen molar-refractivity contribution in [3.63, 3.8) is 0 Å². The van der Waals surface area contributed by atoms with Crippen LogP contribution in [0.5, 0.6) is 0 Å². The van der Waals surface area contributed by atoms with Crippen LogP contribution in [0.4, 0.5) is 0 Å². The monoisotopic (exact) mass is 332 g/mol. The molecule has 1 aliphatic rings. The van der Waals surface area contributed by atoms with Crippen molar-refractivity contribution < 1.29 is 0 Å². The maximum absolute atomic E-state index is 2.53. The molecule has 122 valence electrons. The quantitative estimate of drug-likeness (QED) is 0.366. The Hall–Kier alpha value is -3.26. The molecule has 2 nitrogen and oxygen atoms in total. The van der Waals surface area contributed by atoms with Gasteiger partial charge in [0.05, 0.1) is 27.6 Å². The lowest BCUT2D eigenvalue weighted by Gasteiger charge is -2.15. The third-order valence-corrected chi connectivity index (χ3v) is 6.10. The van der Waals surface area contributed by atoms with E-state index in [1.165, 1.54) is 54.7 Å². The van der Waals surface area contributed by atoms with Gasteiger partial charge >= 0.3 is 0 Å². The molecule has 3 aromatic carbocycles. The highest BCUT2D eigenvalue weighted by Gasteiger charge is 2.22. The molecule has 0 fully saturated rings. The summed E-state index contributed by atoms with van der Waals surface area (Å²) in [6, 6.07) is 24.4. The Morgan fingerprint density at radius 3 is 2.15 bits per heavy atom. The van der Waals surface area contributed by atoms with Crippen LogP contribution in [0.25, 0.3) is 49.8 Å². The maximum atomic E-state index is 2.53. The number of aryl methyl sites for hydroxylation is 1. The molecule has 3 heterocycles. The van der Waals surface area contributed by atoms with Gasteiger partial charge < -0.3 is 8.80 Å². The fraction of sp³-hybridized carbons (Fsp3) is 0.0833. The first-order chi connectivity index (χ1) is 12.9. The highest BCUT2D eigenvalue weighted by atomic mass is 15.0. The molecule has 0 amide bonds. The molecule has 3 aromatic heterocycles. The number of aromatic nitrogens is 2. The van der Waals surface area contributed by atoms with E-state index in [0.717, 1.165) is 12.8 Å². The van der Waals surface area contributed by atoms with E-state index in [9.17, 15) is 0 Å². The second-order valence-corrected chi connectivity index (χ2v) is 7.33. The minimum Gasteiger partial charge on any atom is -0.309 e. The minimum atomic E-state index is 1.09. The highest BCUT2D eigenvalue weighted by molar-refractivity contribution is 6.15. The third-order valence-electron chi connectivity index (χ3n) is 6.10. The molecule has 0 radical (unpaired) electrons. The maximum Gasteiger partial charge on any atom is 0.0780 e. The molecule has 0 atom stereocenters. The smallest absolute Gasteiger partial charge is 0.0780 e. The van der Waals surface area contributed by atoms with Crippen molar-refractivity contribution in [3.8, 4) is 0 Å². The van der Waals surface area contributed by atoms with Gasteiger partial charge in [0, 0.05) is 27.1 Å². The Labute approximate surface area is 149 Å². The van der Waals surface area contributed by atoms with Crippen LogP contribution in [0.2, 0.25) is 0 Å². The van der Waals surface area contributed by atoms with E-state index in [1.54, 1.807) is 0 Å². The fourth-order valence-electron chi connectivity index (χ4n) is 5.16. The standard InChI is InChI=1S/C24H16N2/c1-3-11-19-15(7-1)17-9-5-13-21-23(17)25(19)22-14-6-10-18-16-8-2-4-12-20(16)26(21)24(18)22/h1-5,7-13H,6,14H2. The van der Waals surface area contributed by atoms with Crippen LogP contribution in [0.3, 0.4) is 0 Å². The number of hydrogen-bond acceptors (Lipinski definition) is 0. The summed E-state index contributed by atoms with van der Waals surface area (Å²) in [5.41, 5.74) is 8.13. The number of rotatable bonds is 0. The minimum absolute atomic E-state index is 1.09. The Morgan fingerprint density at radius 2 is 1.27 bits per heavy atom. The van der Waals surface area contributed by atoms with E-state index in [4.69, 9.17) is 0 Å². The molecule has 26 heavy (non-hydrogen) atoms. The molecule has 0 N–H and O–H groups in total. The van der Waals surface area contributed by atoms with Crippen molar-refractivity contribution in [3.05, 3.63) is 77.6 Å². The Morgan fingerprint density at radius 1 is 0.577 bits per heavy atom. The SMILES string of the molecule is C1=c2c3ccccc3n3c2c(n2c4ccccc4c4cccc3c42)CC1. The first-order valence-electron chi connectivity index (χ1n) is 9.29. The Kier molecular flexibility index (Phi) is 2.14. The lowest BCUT2D eigenvalue weighted by atomic mass is 10.1. The zero-order valence-corrected chi connectivity index (χ0v) is 14.2. The molecular weight excluding hydrogens is 316 g/mol. The van der Waals surface area contributed by atoms with E-state index < -0.39 is 0 Å². The van der Waals surface area contributed by atoms with Crippen molar-refractivity contribution >= 4 is 49.8 Å². The van der Waals surface area contributed by atoms with Crippen LogP contribution >= 0.6 is 0 Å². The average molecular weight is 332 g/mol. The van der Waals surface area contributed by atoms with Gasteiger partial charge in [-0.05, 0) is 31.0 Å². The lowest BCUT2D eigenvalue weighted by Crippen LogP contribution is -2.13. The fourth-order valence-corrected chi connectivity index (χ4v) is 5.16. The third kappa shape index (κ3) is 1.30. The van der Waals surface area contributed by atoms with Crippen LogP contribution in [0.1, 0.15) is 12.1 Å². The molecular formula is C24H16N2. The second kappa shape index (κ2) is 4.28. The molecule has 1 aliphatic carbocycles. The summed E-state index contributed by atoms with van der Waals surface area (Å²) in [6.07, 6.45) is 4.62. The number of nitrogens with zero attached hydrogens (tertiary/aromatic N) is 2. The van der Waals surface area contributed by atoms with Gasteiger partial charge in [-0.1, -0.05) is 54.6 Å². The normalized spacial score (nSPS) is 14.2. The van der Waals surface area contributed by atoms with Crippen molar-refractivity contribution in [1.82, 2.24) is 8.80 Å². The number of para-hydroxylation sites is 3. The van der Waals surface area contributed by atoms with Crippen LogP contribution < -0.4 is 5.22 Å². The summed E-state index contributed by atoms with van der Waals surface area (Å²) in [7, 11) is 0. The molecule has 0 unspecified atom stereocenters. The summed E-state index contributed by atoms with van der Waals surface area (Å²) in [5, 5.41) is 5.47. The van der Waals surface area contributed by atoms with Gasteiger partial charge in [-0.25, -0.2) is 0 Å². The van der Waals surface area contributed by atoms with Crippen LogP contribution in [-0.2, 0) is 6.42 Å². The molecule has 0 bridgehead atoms. The van der Waals surface area contributed by atoms with Gasteiger partial charge in [0.2, 0.25) is 0 Å². The predicted octanol–water partition coefficient (Wildman–Crippen LogP) is 5.10. The van der Waals surface area contributed by atoms with Gasteiger partial charge in [-0.15, -0.1) is 0 Å². The number of benzene rings is 3. The Bertz CT molecular complexity index is 1580. The van der Waals surface area contributed by atoms with Crippen LogP contribution in [0, 0.1) is 0 Å². The topological polar surface area (TPSA) is 8.82 Å². The zero-order chi connectivity index (χ0) is 16.8. The second-order valence-electron chi connectivity index (χ2n) is 7.33. The number of hydrogen-bond donors (Lipinski definition) is 0. The van der Waals surface area contributed by atoms with E-state index in [0.29, 0.717) is 0 Å². The van der Waals surface area contributed by atoms with Crippen molar-refractivity contribution in [2.24, 2.45) is 0 Å². The zero-order valence-electron chi connectivity index (χ0n) is 14.2. The summed E-state index contributed by atoms with van der Waals surface area (Å²) in [5.74, 6) is 0. The van der Waals surface area contributed by atoms with Crippen LogP contribution in [0.15, 0.2) is 66.7 Å². The summed E-state index contributed by atoms with van der Waals surface area (Å²) >= 11 is 0. The van der Waals surface area contributed by atoms with Gasteiger partial charge in [-0.3, -0.25) is 0 Å². The molecule has 0 aliphatic heterocycles. The van der Waals surface area contributed by atoms with E-state index in [-0.39, 0.29) is 0 Å². The molecule has 2 heteroatoms. The van der Waals surface area contributed by atoms with Crippen LogP contribution in [-0.4, -0.2) is 8.80 Å². The molecule has 7 rings (SSSR count). The van der Waals surface area contributed by atoms with E-state index in [2.05, 4.69) is 81.6 Å². The van der Waals surface area contributed by atoms with Crippen molar-refractivity contribution in [1.29, 1.82) is 0 Å².